The maximum absolute atomic E-state index is 11.3. The van der Waals surface area contributed by atoms with Crippen LogP contribution in [0.4, 0.5) is 0 Å². The van der Waals surface area contributed by atoms with Crippen LogP contribution in [0, 0.1) is 0 Å². The Balaban J connectivity index is 1.97. The minimum Gasteiger partial charge on any atom is -0.394 e. The van der Waals surface area contributed by atoms with Crippen molar-refractivity contribution in [2.24, 2.45) is 32.9 Å². The maximum Gasteiger partial charge on any atom is 0.224 e. The number of nitrogens with zero attached hydrogens (tertiary/aromatic N) is 2. The van der Waals surface area contributed by atoms with Crippen LogP contribution in [0.1, 0.15) is 6.92 Å². The normalized spacial score (nSPS) is 47.5. The molecule has 19 nitrogen and oxygen atoms in total. The lowest BCUT2D eigenvalue weighted by Gasteiger charge is -2.46. The number of nitrogens with two attached hydrogens (primary N) is 4. The molecule has 2 aliphatic heterocycles. The van der Waals surface area contributed by atoms with Crippen LogP contribution in [0.5, 0.6) is 0 Å². The number of hydrogen-bond acceptors (Lipinski definition) is 15. The highest BCUT2D eigenvalue weighted by atomic mass is 16.8. The van der Waals surface area contributed by atoms with E-state index in [1.165, 1.54) is 14.0 Å². The van der Waals surface area contributed by atoms with E-state index >= 15 is 0 Å². The highest BCUT2D eigenvalue weighted by molar-refractivity contribution is 5.76. The van der Waals surface area contributed by atoms with E-state index in [1.807, 2.05) is 0 Å². The number of hydrogen-bond donors (Lipinski definition) is 12. The summed E-state index contributed by atoms with van der Waals surface area (Å²) in [5, 5.41) is 77.1. The zero-order valence-corrected chi connectivity index (χ0v) is 22.2. The Hall–Kier alpha value is -1.98. The molecule has 16 N–H and O–H groups in total. The van der Waals surface area contributed by atoms with Crippen LogP contribution >= 0.6 is 0 Å². The van der Waals surface area contributed by atoms with Gasteiger partial charge in [0.05, 0.1) is 12.6 Å². The molecule has 3 rings (SSSR count). The van der Waals surface area contributed by atoms with Crippen LogP contribution in [0.15, 0.2) is 9.98 Å². The standard InChI is InChI=1S/C21H41N7O12/c1-5-21(35,36-3)16(18(37-5)40-17-9(26-2)13(33)10(30)6(4-29)38-17)39-15-8(28-20(24)25)11(31)7(27-19(22)23)12(32)14(15)34/h5-18,26,29-35H,4H2,1-3H3,(H4,22,23,27)(H4,24,25,28)/t5-,6+,7+,8-,9-,10-,11+,12+,13+,14+,15-,16?,17-,18+,21?/m0/s1. The van der Waals surface area contributed by atoms with Gasteiger partial charge in [-0.05, 0) is 14.0 Å². The zero-order chi connectivity index (χ0) is 30.1. The van der Waals surface area contributed by atoms with Gasteiger partial charge in [0.2, 0.25) is 5.79 Å². The van der Waals surface area contributed by atoms with E-state index in [0.717, 1.165) is 7.11 Å². The summed E-state index contributed by atoms with van der Waals surface area (Å²) in [4.78, 5) is 7.69. The van der Waals surface area contributed by atoms with Gasteiger partial charge in [0.1, 0.15) is 60.9 Å². The second kappa shape index (κ2) is 12.9. The molecule has 1 aliphatic carbocycles. The quantitative estimate of drug-likeness (QED) is 0.0680. The lowest BCUT2D eigenvalue weighted by molar-refractivity contribution is -0.331. The fourth-order valence-corrected chi connectivity index (χ4v) is 5.15. The first-order chi connectivity index (χ1) is 18.7. The summed E-state index contributed by atoms with van der Waals surface area (Å²) >= 11 is 0. The minimum absolute atomic E-state index is 0.488. The molecule has 40 heavy (non-hydrogen) atoms. The third kappa shape index (κ3) is 6.11. The van der Waals surface area contributed by atoms with Crippen LogP contribution in [-0.4, -0.2) is 160 Å². The highest BCUT2D eigenvalue weighted by Gasteiger charge is 2.61. The van der Waals surface area contributed by atoms with Crippen molar-refractivity contribution >= 4 is 11.9 Å². The fourth-order valence-electron chi connectivity index (χ4n) is 5.15. The maximum atomic E-state index is 11.3. The number of guanidine groups is 2. The number of methoxy groups -OCH3 is 1. The first-order valence-corrected chi connectivity index (χ1v) is 12.5. The molecule has 0 aromatic rings. The second-order valence-electron chi connectivity index (χ2n) is 9.84. The number of aliphatic hydroxyl groups excluding tert-OH is 6. The van der Waals surface area contributed by atoms with Crippen LogP contribution in [0.3, 0.4) is 0 Å². The van der Waals surface area contributed by atoms with Gasteiger partial charge < -0.3 is 87.7 Å². The number of aliphatic imine (C=N–C) groups is 2. The number of ether oxygens (including phenoxy) is 5. The van der Waals surface area contributed by atoms with Crippen molar-refractivity contribution < 1.29 is 59.4 Å². The van der Waals surface area contributed by atoms with Crippen molar-refractivity contribution in [3.8, 4) is 0 Å². The fraction of sp³-hybridized carbons (Fsp3) is 0.905. The van der Waals surface area contributed by atoms with Gasteiger partial charge in [-0.1, -0.05) is 0 Å². The van der Waals surface area contributed by atoms with Crippen molar-refractivity contribution in [1.82, 2.24) is 5.32 Å². The van der Waals surface area contributed by atoms with Crippen LogP contribution in [0.25, 0.3) is 0 Å². The topological polar surface area (TPSA) is 329 Å². The Morgan fingerprint density at radius 3 is 1.98 bits per heavy atom. The Morgan fingerprint density at radius 1 is 0.850 bits per heavy atom. The smallest absolute Gasteiger partial charge is 0.224 e. The van der Waals surface area contributed by atoms with Gasteiger partial charge in [-0.15, -0.1) is 0 Å². The van der Waals surface area contributed by atoms with Crippen molar-refractivity contribution in [2.45, 2.75) is 98.4 Å². The molecule has 0 bridgehead atoms. The molecule has 1 saturated carbocycles. The zero-order valence-electron chi connectivity index (χ0n) is 22.2. The van der Waals surface area contributed by atoms with Gasteiger partial charge in [0.25, 0.3) is 0 Å². The van der Waals surface area contributed by atoms with Gasteiger partial charge in [0, 0.05) is 7.11 Å². The minimum atomic E-state index is -2.24. The largest absolute Gasteiger partial charge is 0.394 e. The van der Waals surface area contributed by atoms with Gasteiger partial charge >= 0.3 is 0 Å². The Bertz CT molecular complexity index is 911. The number of aliphatic hydroxyl groups is 7. The SMILES string of the molecule is CN[C@@H]1[C@H](O[C@H]2O[C@@H](C)C(O)(OC)C2O[C@@H]2[C@H](O)[C@H](O)[C@H](N=C(N)N)[C@@H](O)[C@@H]2N=C(N)N)O[C@H](CO)[C@H](O)[C@@H]1O. The molecule has 0 aromatic carbocycles. The molecule has 3 fully saturated rings. The number of rotatable bonds is 9. The van der Waals surface area contributed by atoms with Crippen molar-refractivity contribution in [2.75, 3.05) is 20.8 Å². The summed E-state index contributed by atoms with van der Waals surface area (Å²) in [7, 11) is 2.61. The molecule has 19 heteroatoms. The lowest BCUT2D eigenvalue weighted by atomic mass is 9.81. The monoisotopic (exact) mass is 583 g/mol. The van der Waals surface area contributed by atoms with Crippen LogP contribution in [-0.2, 0) is 23.7 Å². The molecule has 0 radical (unpaired) electrons. The predicted molar refractivity (Wildman–Crippen MR) is 134 cm³/mol. The summed E-state index contributed by atoms with van der Waals surface area (Å²) in [6.45, 7) is 0.776. The average Bonchev–Trinajstić information content (AvgIpc) is 3.13. The van der Waals surface area contributed by atoms with E-state index in [1.54, 1.807) is 0 Å². The van der Waals surface area contributed by atoms with Gasteiger partial charge in [-0.2, -0.15) is 0 Å². The first-order valence-electron chi connectivity index (χ1n) is 12.5. The molecule has 232 valence electrons. The lowest BCUT2D eigenvalue weighted by Crippen LogP contribution is -2.67. The Morgan fingerprint density at radius 2 is 1.45 bits per heavy atom. The number of likely N-dealkylation sites (N-methyl/N-ethyl adjacent to an activating group) is 1. The summed E-state index contributed by atoms with van der Waals surface area (Å²) in [6.07, 6.45) is -16.7. The highest BCUT2D eigenvalue weighted by Crippen LogP contribution is 2.39. The Kier molecular flexibility index (Phi) is 10.5. The summed E-state index contributed by atoms with van der Waals surface area (Å²) in [6, 6.07) is -3.96. The third-order valence-electron chi connectivity index (χ3n) is 7.36. The number of nitrogens with one attached hydrogen (secondary N) is 1. The van der Waals surface area contributed by atoms with Crippen molar-refractivity contribution in [1.29, 1.82) is 0 Å². The first kappa shape index (κ1) is 32.5. The molecule has 0 aromatic heterocycles. The molecule has 2 saturated heterocycles. The van der Waals surface area contributed by atoms with E-state index in [9.17, 15) is 35.7 Å². The molecule has 3 aliphatic rings. The third-order valence-corrected chi connectivity index (χ3v) is 7.36. The van der Waals surface area contributed by atoms with E-state index in [-0.39, 0.29) is 0 Å². The summed E-state index contributed by atoms with van der Waals surface area (Å²) in [5.41, 5.74) is 21.9. The van der Waals surface area contributed by atoms with E-state index in [2.05, 4.69) is 15.3 Å². The van der Waals surface area contributed by atoms with E-state index in [0.29, 0.717) is 0 Å². The molecular weight excluding hydrogens is 542 g/mol. The summed E-state index contributed by atoms with van der Waals surface area (Å²) < 4.78 is 28.6. The van der Waals surface area contributed by atoms with Crippen LogP contribution < -0.4 is 28.3 Å². The molecule has 0 amide bonds. The average molecular weight is 584 g/mol. The van der Waals surface area contributed by atoms with Crippen molar-refractivity contribution in [3.05, 3.63) is 0 Å². The molecular formula is C21H41N7O12. The Labute approximate surface area is 229 Å². The van der Waals surface area contributed by atoms with Crippen LogP contribution in [0.2, 0.25) is 0 Å². The van der Waals surface area contributed by atoms with Gasteiger partial charge in [-0.3, -0.25) is 0 Å². The van der Waals surface area contributed by atoms with Crippen molar-refractivity contribution in [3.63, 3.8) is 0 Å². The molecule has 2 unspecified atom stereocenters. The molecule has 15 atom stereocenters. The summed E-state index contributed by atoms with van der Waals surface area (Å²) in [5.74, 6) is -3.23. The molecule has 2 heterocycles. The van der Waals surface area contributed by atoms with Gasteiger partial charge in [-0.25, -0.2) is 9.98 Å². The molecule has 0 spiro atoms. The van der Waals surface area contributed by atoms with E-state index in [4.69, 9.17) is 46.6 Å². The second-order valence-corrected chi connectivity index (χ2v) is 9.84. The predicted octanol–water partition coefficient (Wildman–Crippen LogP) is -7.76. The van der Waals surface area contributed by atoms with E-state index < -0.39 is 110 Å². The van der Waals surface area contributed by atoms with Gasteiger partial charge in [0.15, 0.2) is 30.6 Å².